The fourth-order valence-corrected chi connectivity index (χ4v) is 2.31. The van der Waals surface area contributed by atoms with Gasteiger partial charge in [0.15, 0.2) is 0 Å². The average Bonchev–Trinajstić information content (AvgIpc) is 3.03. The minimum absolute atomic E-state index is 0.557. The number of nitrogens with one attached hydrogen (secondary N) is 1. The van der Waals surface area contributed by atoms with E-state index in [1.807, 2.05) is 54.6 Å². The highest BCUT2D eigenvalue weighted by Crippen LogP contribution is 2.17. The van der Waals surface area contributed by atoms with E-state index < -0.39 is 0 Å². The Morgan fingerprint density at radius 2 is 1.73 bits per heavy atom. The van der Waals surface area contributed by atoms with Gasteiger partial charge in [-0.05, 0) is 23.8 Å². The molecule has 0 bridgehead atoms. The van der Waals surface area contributed by atoms with Gasteiger partial charge in [0.2, 0.25) is 11.8 Å². The van der Waals surface area contributed by atoms with Gasteiger partial charge in [-0.1, -0.05) is 48.0 Å². The molecule has 0 aliphatic carbocycles. The maximum atomic E-state index is 6.11. The SMILES string of the molecule is Clc1ccccc1CNCCc1nnc(-c2ccccc2)o1. The second kappa shape index (κ2) is 7.20. The molecule has 22 heavy (non-hydrogen) atoms. The van der Waals surface area contributed by atoms with Crippen molar-refractivity contribution in [3.8, 4) is 11.5 Å². The lowest BCUT2D eigenvalue weighted by molar-refractivity contribution is 0.494. The summed E-state index contributed by atoms with van der Waals surface area (Å²) in [5.41, 5.74) is 2.02. The van der Waals surface area contributed by atoms with Crippen molar-refractivity contribution < 1.29 is 4.42 Å². The molecular weight excluding hydrogens is 298 g/mol. The molecule has 0 radical (unpaired) electrons. The molecule has 0 saturated heterocycles. The van der Waals surface area contributed by atoms with Gasteiger partial charge >= 0.3 is 0 Å². The van der Waals surface area contributed by atoms with Crippen LogP contribution in [-0.2, 0) is 13.0 Å². The van der Waals surface area contributed by atoms with E-state index in [2.05, 4.69) is 15.5 Å². The summed E-state index contributed by atoms with van der Waals surface area (Å²) in [6.45, 7) is 1.47. The van der Waals surface area contributed by atoms with Crippen LogP contribution in [0, 0.1) is 0 Å². The van der Waals surface area contributed by atoms with E-state index in [1.165, 1.54) is 0 Å². The topological polar surface area (TPSA) is 51.0 Å². The number of nitrogens with zero attached hydrogens (tertiary/aromatic N) is 2. The Morgan fingerprint density at radius 3 is 2.55 bits per heavy atom. The van der Waals surface area contributed by atoms with E-state index in [9.17, 15) is 0 Å². The van der Waals surface area contributed by atoms with Gasteiger partial charge in [0.05, 0.1) is 0 Å². The predicted molar refractivity (Wildman–Crippen MR) is 86.6 cm³/mol. The van der Waals surface area contributed by atoms with E-state index in [1.54, 1.807) is 0 Å². The molecule has 3 aromatic rings. The summed E-state index contributed by atoms with van der Waals surface area (Å²) in [5, 5.41) is 12.2. The molecule has 5 heteroatoms. The first kappa shape index (κ1) is 14.8. The van der Waals surface area contributed by atoms with Crippen molar-refractivity contribution in [1.82, 2.24) is 15.5 Å². The van der Waals surface area contributed by atoms with Crippen molar-refractivity contribution >= 4 is 11.6 Å². The number of aromatic nitrogens is 2. The minimum atomic E-state index is 0.557. The van der Waals surface area contributed by atoms with Gasteiger partial charge in [-0.15, -0.1) is 10.2 Å². The van der Waals surface area contributed by atoms with Gasteiger partial charge in [0.25, 0.3) is 0 Å². The minimum Gasteiger partial charge on any atom is -0.421 e. The van der Waals surface area contributed by atoms with Crippen LogP contribution in [0.15, 0.2) is 59.0 Å². The van der Waals surface area contributed by atoms with Crippen LogP contribution in [0.1, 0.15) is 11.5 Å². The third kappa shape index (κ3) is 3.72. The maximum absolute atomic E-state index is 6.11. The second-order valence-corrected chi connectivity index (χ2v) is 5.29. The van der Waals surface area contributed by atoms with Gasteiger partial charge in [-0.3, -0.25) is 0 Å². The standard InChI is InChI=1S/C17H16ClN3O/c18-15-9-5-4-8-14(15)12-19-11-10-16-20-21-17(22-16)13-6-2-1-3-7-13/h1-9,19H,10-12H2. The molecule has 1 heterocycles. The van der Waals surface area contributed by atoms with Gasteiger partial charge in [-0.2, -0.15) is 0 Å². The third-order valence-electron chi connectivity index (χ3n) is 3.28. The van der Waals surface area contributed by atoms with Crippen LogP contribution < -0.4 is 5.32 Å². The number of hydrogen-bond acceptors (Lipinski definition) is 4. The summed E-state index contributed by atoms with van der Waals surface area (Å²) in [6.07, 6.45) is 0.685. The van der Waals surface area contributed by atoms with Crippen LogP contribution in [0.4, 0.5) is 0 Å². The Labute approximate surface area is 134 Å². The fraction of sp³-hybridized carbons (Fsp3) is 0.176. The summed E-state index contributed by atoms with van der Waals surface area (Å²) in [5.74, 6) is 1.19. The molecule has 4 nitrogen and oxygen atoms in total. The van der Waals surface area contributed by atoms with E-state index >= 15 is 0 Å². The van der Waals surface area contributed by atoms with Crippen LogP contribution in [0.3, 0.4) is 0 Å². The van der Waals surface area contributed by atoms with E-state index in [0.717, 1.165) is 29.2 Å². The van der Waals surface area contributed by atoms with Crippen LogP contribution in [0.5, 0.6) is 0 Å². The first-order valence-electron chi connectivity index (χ1n) is 7.15. The highest BCUT2D eigenvalue weighted by molar-refractivity contribution is 6.31. The van der Waals surface area contributed by atoms with Crippen molar-refractivity contribution in [3.63, 3.8) is 0 Å². The molecule has 1 N–H and O–H groups in total. The van der Waals surface area contributed by atoms with E-state index in [0.29, 0.717) is 18.2 Å². The average molecular weight is 314 g/mol. The second-order valence-electron chi connectivity index (χ2n) is 4.89. The van der Waals surface area contributed by atoms with Crippen LogP contribution in [-0.4, -0.2) is 16.7 Å². The summed E-state index contributed by atoms with van der Waals surface area (Å²) in [4.78, 5) is 0. The molecule has 0 aliphatic rings. The number of halogens is 1. The Balaban J connectivity index is 1.51. The molecule has 0 aliphatic heterocycles. The number of rotatable bonds is 6. The highest BCUT2D eigenvalue weighted by atomic mass is 35.5. The molecule has 0 amide bonds. The number of benzene rings is 2. The Hall–Kier alpha value is -2.17. The van der Waals surface area contributed by atoms with Gasteiger partial charge in [0.1, 0.15) is 0 Å². The normalized spacial score (nSPS) is 10.8. The van der Waals surface area contributed by atoms with Gasteiger partial charge in [-0.25, -0.2) is 0 Å². The Morgan fingerprint density at radius 1 is 0.955 bits per heavy atom. The monoisotopic (exact) mass is 313 g/mol. The summed E-state index contributed by atoms with van der Waals surface area (Å²) in [7, 11) is 0. The molecule has 2 aromatic carbocycles. The molecule has 0 spiro atoms. The maximum Gasteiger partial charge on any atom is 0.247 e. The summed E-state index contributed by atoms with van der Waals surface area (Å²) in [6, 6.07) is 17.6. The van der Waals surface area contributed by atoms with Crippen molar-refractivity contribution in [3.05, 3.63) is 71.1 Å². The summed E-state index contributed by atoms with van der Waals surface area (Å²) < 4.78 is 5.66. The lowest BCUT2D eigenvalue weighted by Crippen LogP contribution is -2.17. The predicted octanol–water partition coefficient (Wildman–Crippen LogP) is 3.72. The smallest absolute Gasteiger partial charge is 0.247 e. The van der Waals surface area contributed by atoms with E-state index in [-0.39, 0.29) is 0 Å². The van der Waals surface area contributed by atoms with Crippen LogP contribution in [0.2, 0.25) is 5.02 Å². The lowest BCUT2D eigenvalue weighted by Gasteiger charge is -2.04. The first-order valence-corrected chi connectivity index (χ1v) is 7.52. The van der Waals surface area contributed by atoms with Crippen molar-refractivity contribution in [2.45, 2.75) is 13.0 Å². The summed E-state index contributed by atoms with van der Waals surface area (Å²) >= 11 is 6.11. The molecule has 0 atom stereocenters. The van der Waals surface area contributed by atoms with Crippen molar-refractivity contribution in [2.24, 2.45) is 0 Å². The molecule has 0 unspecified atom stereocenters. The zero-order chi connectivity index (χ0) is 15.2. The van der Waals surface area contributed by atoms with Crippen molar-refractivity contribution in [2.75, 3.05) is 6.54 Å². The fourth-order valence-electron chi connectivity index (χ4n) is 2.11. The van der Waals surface area contributed by atoms with Gasteiger partial charge in [0, 0.05) is 30.1 Å². The molecule has 1 aromatic heterocycles. The third-order valence-corrected chi connectivity index (χ3v) is 3.65. The van der Waals surface area contributed by atoms with E-state index in [4.69, 9.17) is 16.0 Å². The number of hydrogen-bond donors (Lipinski definition) is 1. The zero-order valence-corrected chi connectivity index (χ0v) is 12.8. The van der Waals surface area contributed by atoms with Crippen molar-refractivity contribution in [1.29, 1.82) is 0 Å². The quantitative estimate of drug-likeness (QED) is 0.705. The molecule has 0 saturated carbocycles. The highest BCUT2D eigenvalue weighted by Gasteiger charge is 2.07. The lowest BCUT2D eigenvalue weighted by atomic mass is 10.2. The first-order chi connectivity index (χ1) is 10.8. The van der Waals surface area contributed by atoms with Crippen LogP contribution >= 0.6 is 11.6 Å². The molecular formula is C17H16ClN3O. The Bertz CT molecular complexity index is 728. The largest absolute Gasteiger partial charge is 0.421 e. The van der Waals surface area contributed by atoms with Crippen LogP contribution in [0.25, 0.3) is 11.5 Å². The van der Waals surface area contributed by atoms with Gasteiger partial charge < -0.3 is 9.73 Å². The molecule has 112 valence electrons. The molecule has 3 rings (SSSR count). The molecule has 0 fully saturated rings. The zero-order valence-electron chi connectivity index (χ0n) is 12.0. The Kier molecular flexibility index (Phi) is 4.83.